The molecule has 2 heterocycles. The Hall–Kier alpha value is -2.64. The number of benzene rings is 2. The van der Waals surface area contributed by atoms with Gasteiger partial charge in [0.25, 0.3) is 5.91 Å². The summed E-state index contributed by atoms with van der Waals surface area (Å²) in [6.07, 6.45) is 0. The molecule has 3 aromatic rings. The average molecular weight is 369 g/mol. The standard InChI is InChI=1S/C19H19N3O3S/c1-24-15-5-2-13(3-6-15)18(23)21-19-20-16-7-4-14(12-17(16)26-19)22-8-10-25-11-9-22/h2-7,12H,8-11H2,1H3,(H,20,21,23). The van der Waals surface area contributed by atoms with Crippen LogP contribution in [0.2, 0.25) is 0 Å². The summed E-state index contributed by atoms with van der Waals surface area (Å²) in [6, 6.07) is 13.2. The Morgan fingerprint density at radius 3 is 2.69 bits per heavy atom. The second-order valence-electron chi connectivity index (χ2n) is 5.95. The number of nitrogens with one attached hydrogen (secondary N) is 1. The molecular weight excluding hydrogens is 350 g/mol. The monoisotopic (exact) mass is 369 g/mol. The van der Waals surface area contributed by atoms with Crippen LogP contribution in [0.1, 0.15) is 10.4 Å². The Bertz CT molecular complexity index is 917. The zero-order chi connectivity index (χ0) is 17.9. The summed E-state index contributed by atoms with van der Waals surface area (Å²) in [6.45, 7) is 3.30. The molecule has 1 amide bonds. The number of ether oxygens (including phenoxy) is 2. The maximum atomic E-state index is 12.4. The van der Waals surface area contributed by atoms with E-state index >= 15 is 0 Å². The van der Waals surface area contributed by atoms with E-state index in [0.29, 0.717) is 10.7 Å². The Morgan fingerprint density at radius 2 is 1.96 bits per heavy atom. The molecule has 26 heavy (non-hydrogen) atoms. The molecule has 0 radical (unpaired) electrons. The zero-order valence-corrected chi connectivity index (χ0v) is 15.2. The number of methoxy groups -OCH3 is 1. The molecule has 1 N–H and O–H groups in total. The highest BCUT2D eigenvalue weighted by atomic mass is 32.1. The van der Waals surface area contributed by atoms with Gasteiger partial charge in [0.1, 0.15) is 5.75 Å². The van der Waals surface area contributed by atoms with Crippen LogP contribution in [0.5, 0.6) is 5.75 Å². The van der Waals surface area contributed by atoms with Gasteiger partial charge in [-0.2, -0.15) is 0 Å². The maximum absolute atomic E-state index is 12.4. The van der Waals surface area contributed by atoms with Gasteiger partial charge in [-0.25, -0.2) is 4.98 Å². The van der Waals surface area contributed by atoms with Crippen molar-refractivity contribution >= 4 is 38.3 Å². The molecule has 6 nitrogen and oxygen atoms in total. The fourth-order valence-electron chi connectivity index (χ4n) is 2.90. The van der Waals surface area contributed by atoms with Gasteiger partial charge in [-0.3, -0.25) is 10.1 Å². The van der Waals surface area contributed by atoms with E-state index in [1.807, 2.05) is 6.07 Å². The van der Waals surface area contributed by atoms with E-state index in [4.69, 9.17) is 9.47 Å². The number of carbonyl (C=O) groups is 1. The minimum atomic E-state index is -0.180. The van der Waals surface area contributed by atoms with Crippen LogP contribution in [0.3, 0.4) is 0 Å². The summed E-state index contributed by atoms with van der Waals surface area (Å²) >= 11 is 1.48. The summed E-state index contributed by atoms with van der Waals surface area (Å²) in [7, 11) is 1.60. The van der Waals surface area contributed by atoms with Crippen LogP contribution in [0, 0.1) is 0 Å². The minimum absolute atomic E-state index is 0.180. The van der Waals surface area contributed by atoms with Crippen molar-refractivity contribution in [2.24, 2.45) is 0 Å². The highest BCUT2D eigenvalue weighted by molar-refractivity contribution is 7.22. The molecule has 4 rings (SSSR count). The number of nitrogens with zero attached hydrogens (tertiary/aromatic N) is 2. The lowest BCUT2D eigenvalue weighted by molar-refractivity contribution is 0.102. The van der Waals surface area contributed by atoms with Crippen molar-refractivity contribution in [1.29, 1.82) is 0 Å². The third kappa shape index (κ3) is 3.49. The van der Waals surface area contributed by atoms with Crippen molar-refractivity contribution in [2.75, 3.05) is 43.6 Å². The molecule has 0 unspecified atom stereocenters. The first-order valence-corrected chi connectivity index (χ1v) is 9.23. The van der Waals surface area contributed by atoms with E-state index in [1.54, 1.807) is 31.4 Å². The van der Waals surface area contributed by atoms with E-state index in [1.165, 1.54) is 11.3 Å². The van der Waals surface area contributed by atoms with E-state index < -0.39 is 0 Å². The third-order valence-corrected chi connectivity index (χ3v) is 5.25. The lowest BCUT2D eigenvalue weighted by atomic mass is 10.2. The summed E-state index contributed by atoms with van der Waals surface area (Å²) in [4.78, 5) is 19.2. The zero-order valence-electron chi connectivity index (χ0n) is 14.4. The molecule has 134 valence electrons. The quantitative estimate of drug-likeness (QED) is 0.764. The van der Waals surface area contributed by atoms with Crippen molar-refractivity contribution in [1.82, 2.24) is 4.98 Å². The second kappa shape index (κ2) is 7.31. The van der Waals surface area contributed by atoms with Crippen molar-refractivity contribution in [3.8, 4) is 5.75 Å². The number of thiazole rings is 1. The van der Waals surface area contributed by atoms with Gasteiger partial charge < -0.3 is 14.4 Å². The SMILES string of the molecule is COc1ccc(C(=O)Nc2nc3ccc(N4CCOCC4)cc3s2)cc1. The van der Waals surface area contributed by atoms with Gasteiger partial charge in [-0.1, -0.05) is 11.3 Å². The first-order chi connectivity index (χ1) is 12.7. The number of amides is 1. The fraction of sp³-hybridized carbons (Fsp3) is 0.263. The highest BCUT2D eigenvalue weighted by Gasteiger charge is 2.14. The van der Waals surface area contributed by atoms with Gasteiger partial charge in [0.05, 0.1) is 30.5 Å². The van der Waals surface area contributed by atoms with Crippen LogP contribution < -0.4 is 15.0 Å². The molecule has 1 aromatic heterocycles. The molecule has 1 aliphatic heterocycles. The van der Waals surface area contributed by atoms with Crippen molar-refractivity contribution < 1.29 is 14.3 Å². The Balaban J connectivity index is 1.52. The minimum Gasteiger partial charge on any atom is -0.497 e. The lowest BCUT2D eigenvalue weighted by Gasteiger charge is -2.28. The largest absolute Gasteiger partial charge is 0.497 e. The number of morpholine rings is 1. The van der Waals surface area contributed by atoms with Crippen molar-refractivity contribution in [2.45, 2.75) is 0 Å². The van der Waals surface area contributed by atoms with Gasteiger partial charge >= 0.3 is 0 Å². The highest BCUT2D eigenvalue weighted by Crippen LogP contribution is 2.30. The van der Waals surface area contributed by atoms with Gasteiger partial charge in [-0.05, 0) is 42.5 Å². The van der Waals surface area contributed by atoms with Crippen LogP contribution in [0.25, 0.3) is 10.2 Å². The normalized spacial score (nSPS) is 14.4. The van der Waals surface area contributed by atoms with E-state index in [9.17, 15) is 4.79 Å². The van der Waals surface area contributed by atoms with Crippen LogP contribution in [-0.2, 0) is 4.74 Å². The third-order valence-electron chi connectivity index (χ3n) is 4.32. The van der Waals surface area contributed by atoms with Crippen LogP contribution in [-0.4, -0.2) is 44.3 Å². The van der Waals surface area contributed by atoms with Gasteiger partial charge in [0.15, 0.2) is 5.13 Å². The molecule has 1 saturated heterocycles. The Kier molecular flexibility index (Phi) is 4.73. The maximum Gasteiger partial charge on any atom is 0.257 e. The topological polar surface area (TPSA) is 63.7 Å². The molecule has 2 aromatic carbocycles. The lowest BCUT2D eigenvalue weighted by Crippen LogP contribution is -2.36. The van der Waals surface area contributed by atoms with Crippen LogP contribution in [0.15, 0.2) is 42.5 Å². The summed E-state index contributed by atoms with van der Waals surface area (Å²) < 4.78 is 11.6. The van der Waals surface area contributed by atoms with Crippen LogP contribution >= 0.6 is 11.3 Å². The van der Waals surface area contributed by atoms with Gasteiger partial charge in [0.2, 0.25) is 0 Å². The number of hydrogen-bond donors (Lipinski definition) is 1. The second-order valence-corrected chi connectivity index (χ2v) is 6.98. The molecule has 0 aliphatic carbocycles. The van der Waals surface area contributed by atoms with Crippen molar-refractivity contribution in [3.63, 3.8) is 0 Å². The molecule has 0 bridgehead atoms. The Morgan fingerprint density at radius 1 is 1.19 bits per heavy atom. The molecule has 1 fully saturated rings. The van der Waals surface area contributed by atoms with Crippen LogP contribution in [0.4, 0.5) is 10.8 Å². The number of carbonyl (C=O) groups excluding carboxylic acids is 1. The van der Waals surface area contributed by atoms with E-state index in [2.05, 4.69) is 27.3 Å². The van der Waals surface area contributed by atoms with Crippen molar-refractivity contribution in [3.05, 3.63) is 48.0 Å². The molecule has 0 atom stereocenters. The number of anilines is 2. The molecular formula is C19H19N3O3S. The summed E-state index contributed by atoms with van der Waals surface area (Å²) in [5.74, 6) is 0.539. The summed E-state index contributed by atoms with van der Waals surface area (Å²) in [5.41, 5.74) is 2.62. The van der Waals surface area contributed by atoms with Gasteiger partial charge in [-0.15, -0.1) is 0 Å². The predicted molar refractivity (Wildman–Crippen MR) is 104 cm³/mol. The summed E-state index contributed by atoms with van der Waals surface area (Å²) in [5, 5.41) is 3.48. The molecule has 7 heteroatoms. The fourth-order valence-corrected chi connectivity index (χ4v) is 3.79. The first kappa shape index (κ1) is 16.8. The molecule has 0 saturated carbocycles. The van der Waals surface area contributed by atoms with Gasteiger partial charge in [0, 0.05) is 24.3 Å². The number of fused-ring (bicyclic) bond motifs is 1. The predicted octanol–water partition coefficient (Wildman–Crippen LogP) is 3.39. The first-order valence-electron chi connectivity index (χ1n) is 8.41. The number of rotatable bonds is 4. The molecule has 1 aliphatic rings. The van der Waals surface area contributed by atoms with E-state index in [-0.39, 0.29) is 5.91 Å². The molecule has 0 spiro atoms. The average Bonchev–Trinajstić information content (AvgIpc) is 3.10. The Labute approximate surface area is 155 Å². The smallest absolute Gasteiger partial charge is 0.257 e. The van der Waals surface area contributed by atoms with E-state index in [0.717, 1.165) is 48.0 Å². The number of hydrogen-bond acceptors (Lipinski definition) is 6. The number of aromatic nitrogens is 1.